The number of benzene rings is 2. The molecule has 5 rings (SSSR count). The van der Waals surface area contributed by atoms with E-state index >= 15 is 0 Å². The zero-order valence-electron chi connectivity index (χ0n) is 18.0. The quantitative estimate of drug-likeness (QED) is 0.695. The number of carbonyl (C=O) groups is 1. The molecule has 5 heteroatoms. The number of aryl methyl sites for hydroxylation is 1. The normalized spacial score (nSPS) is 21.2. The van der Waals surface area contributed by atoms with E-state index in [4.69, 9.17) is 0 Å². The molecule has 3 aromatic rings. The summed E-state index contributed by atoms with van der Waals surface area (Å²) in [5.41, 5.74) is 2.15. The summed E-state index contributed by atoms with van der Waals surface area (Å²) in [7, 11) is 1.76. The summed E-state index contributed by atoms with van der Waals surface area (Å²) in [6, 6.07) is 18.9. The van der Waals surface area contributed by atoms with Gasteiger partial charge in [0, 0.05) is 38.4 Å². The van der Waals surface area contributed by atoms with Crippen molar-refractivity contribution < 1.29 is 4.79 Å². The van der Waals surface area contributed by atoms with Gasteiger partial charge in [-0.15, -0.1) is 0 Å². The van der Waals surface area contributed by atoms with Crippen molar-refractivity contribution in [2.24, 2.45) is 13.0 Å². The van der Waals surface area contributed by atoms with Crippen molar-refractivity contribution in [1.29, 1.82) is 0 Å². The van der Waals surface area contributed by atoms with E-state index in [2.05, 4.69) is 52.7 Å². The van der Waals surface area contributed by atoms with Crippen LogP contribution in [0.1, 0.15) is 36.3 Å². The van der Waals surface area contributed by atoms with Gasteiger partial charge >= 0.3 is 0 Å². The highest BCUT2D eigenvalue weighted by atomic mass is 16.2. The Balaban J connectivity index is 1.41. The van der Waals surface area contributed by atoms with E-state index in [1.807, 2.05) is 12.3 Å². The van der Waals surface area contributed by atoms with Gasteiger partial charge in [-0.25, -0.2) is 0 Å². The highest BCUT2D eigenvalue weighted by molar-refractivity contribution is 5.84. The Hall–Kier alpha value is -2.92. The van der Waals surface area contributed by atoms with Gasteiger partial charge in [0.2, 0.25) is 5.91 Å². The fraction of sp³-hybridized carbons (Fsp3) is 0.385. The monoisotopic (exact) mass is 415 g/mol. The molecule has 2 aliphatic rings. The van der Waals surface area contributed by atoms with E-state index in [0.717, 1.165) is 31.4 Å². The highest BCUT2D eigenvalue weighted by Crippen LogP contribution is 2.36. The Morgan fingerprint density at radius 1 is 1.06 bits per heavy atom. The van der Waals surface area contributed by atoms with Crippen LogP contribution in [-0.4, -0.2) is 34.5 Å². The molecule has 1 N–H and O–H groups in total. The molecule has 1 amide bonds. The van der Waals surface area contributed by atoms with Crippen LogP contribution in [-0.2, 0) is 18.4 Å². The van der Waals surface area contributed by atoms with Gasteiger partial charge in [-0.3, -0.25) is 9.59 Å². The standard InChI is InChI=1S/C26H29N3O2/c1-28-13-11-21(15-25(28)30)23-10-12-27-16-24(23)26(31)29(22-8-9-22)17-18-6-7-19-4-2-3-5-20(19)14-18/h2-7,11,13-15,22-24,27H,8-10,12,16-17H2,1H3/t23-,24+/m1/s1. The first kappa shape index (κ1) is 20.0. The number of fused-ring (bicyclic) bond motifs is 1. The van der Waals surface area contributed by atoms with E-state index < -0.39 is 0 Å². The van der Waals surface area contributed by atoms with E-state index in [0.29, 0.717) is 19.1 Å². The third-order valence-electron chi connectivity index (χ3n) is 6.79. The number of amides is 1. The van der Waals surface area contributed by atoms with E-state index in [-0.39, 0.29) is 23.3 Å². The summed E-state index contributed by atoms with van der Waals surface area (Å²) in [5, 5.41) is 5.84. The van der Waals surface area contributed by atoms with Crippen molar-refractivity contribution in [2.45, 2.75) is 37.8 Å². The molecular weight excluding hydrogens is 386 g/mol. The topological polar surface area (TPSA) is 54.3 Å². The second kappa shape index (κ2) is 8.31. The van der Waals surface area contributed by atoms with Gasteiger partial charge in [-0.1, -0.05) is 36.4 Å². The summed E-state index contributed by atoms with van der Waals surface area (Å²) in [5.74, 6) is 0.163. The molecule has 5 nitrogen and oxygen atoms in total. The molecular formula is C26H29N3O2. The zero-order valence-corrected chi connectivity index (χ0v) is 18.0. The molecule has 160 valence electrons. The summed E-state index contributed by atoms with van der Waals surface area (Å²) in [6.45, 7) is 2.19. The molecule has 0 unspecified atom stereocenters. The lowest BCUT2D eigenvalue weighted by molar-refractivity contribution is -0.138. The molecule has 1 saturated carbocycles. The third kappa shape index (κ3) is 4.15. The van der Waals surface area contributed by atoms with Crippen LogP contribution in [0, 0.1) is 5.92 Å². The lowest BCUT2D eigenvalue weighted by atomic mass is 9.80. The Bertz CT molecular complexity index is 1160. The number of hydrogen-bond acceptors (Lipinski definition) is 3. The van der Waals surface area contributed by atoms with Crippen LogP contribution in [0.15, 0.2) is 65.6 Å². The van der Waals surface area contributed by atoms with Crippen LogP contribution in [0.5, 0.6) is 0 Å². The van der Waals surface area contributed by atoms with Crippen molar-refractivity contribution in [1.82, 2.24) is 14.8 Å². The second-order valence-corrected chi connectivity index (χ2v) is 8.99. The molecule has 0 spiro atoms. The minimum Gasteiger partial charge on any atom is -0.335 e. The Kier molecular flexibility index (Phi) is 5.36. The first-order valence-electron chi connectivity index (χ1n) is 11.3. The van der Waals surface area contributed by atoms with Crippen molar-refractivity contribution in [3.63, 3.8) is 0 Å². The fourth-order valence-electron chi connectivity index (χ4n) is 4.83. The third-order valence-corrected chi connectivity index (χ3v) is 6.79. The van der Waals surface area contributed by atoms with Crippen molar-refractivity contribution in [2.75, 3.05) is 13.1 Å². The summed E-state index contributed by atoms with van der Waals surface area (Å²) in [6.07, 6.45) is 4.85. The number of aromatic nitrogens is 1. The smallest absolute Gasteiger partial charge is 0.250 e. The Morgan fingerprint density at radius 3 is 2.65 bits per heavy atom. The molecule has 1 aliphatic heterocycles. The minimum absolute atomic E-state index is 0.0163. The lowest BCUT2D eigenvalue weighted by Crippen LogP contribution is -2.47. The van der Waals surface area contributed by atoms with Gasteiger partial charge in [-0.2, -0.15) is 0 Å². The van der Waals surface area contributed by atoms with Crippen molar-refractivity contribution in [3.8, 4) is 0 Å². The maximum atomic E-state index is 13.8. The maximum Gasteiger partial charge on any atom is 0.250 e. The maximum absolute atomic E-state index is 13.8. The van der Waals surface area contributed by atoms with E-state index in [9.17, 15) is 9.59 Å². The van der Waals surface area contributed by atoms with E-state index in [1.165, 1.54) is 16.3 Å². The lowest BCUT2D eigenvalue weighted by Gasteiger charge is -2.35. The van der Waals surface area contributed by atoms with Crippen molar-refractivity contribution in [3.05, 3.63) is 82.3 Å². The molecule has 2 aromatic carbocycles. The predicted molar refractivity (Wildman–Crippen MR) is 123 cm³/mol. The highest BCUT2D eigenvalue weighted by Gasteiger charge is 2.40. The number of hydrogen-bond donors (Lipinski definition) is 1. The van der Waals surface area contributed by atoms with Gasteiger partial charge in [-0.05, 0) is 65.8 Å². The van der Waals surface area contributed by atoms with Crippen LogP contribution in [0.25, 0.3) is 10.8 Å². The molecule has 0 bridgehead atoms. The van der Waals surface area contributed by atoms with Gasteiger partial charge in [0.1, 0.15) is 0 Å². The predicted octanol–water partition coefficient (Wildman–Crippen LogP) is 3.42. The fourth-order valence-corrected chi connectivity index (χ4v) is 4.83. The Morgan fingerprint density at radius 2 is 1.87 bits per heavy atom. The van der Waals surface area contributed by atoms with Crippen molar-refractivity contribution >= 4 is 16.7 Å². The zero-order chi connectivity index (χ0) is 21.4. The molecule has 2 fully saturated rings. The Labute approximate surface area is 182 Å². The average molecular weight is 416 g/mol. The minimum atomic E-state index is -0.137. The van der Waals surface area contributed by atoms with Crippen LogP contribution in [0.2, 0.25) is 0 Å². The molecule has 2 atom stereocenters. The first-order chi connectivity index (χ1) is 15.1. The largest absolute Gasteiger partial charge is 0.335 e. The number of carbonyl (C=O) groups excluding carboxylic acids is 1. The molecule has 31 heavy (non-hydrogen) atoms. The van der Waals surface area contributed by atoms with Crippen LogP contribution < -0.4 is 10.9 Å². The van der Waals surface area contributed by atoms with E-state index in [1.54, 1.807) is 17.7 Å². The van der Waals surface area contributed by atoms with Gasteiger partial charge < -0.3 is 14.8 Å². The number of rotatable bonds is 5. The molecule has 1 aliphatic carbocycles. The SMILES string of the molecule is Cn1ccc([C@H]2CCNC[C@@H]2C(=O)N(Cc2ccc3ccccc3c2)C2CC2)cc1=O. The molecule has 0 radical (unpaired) electrons. The average Bonchev–Trinajstić information content (AvgIpc) is 3.64. The van der Waals surface area contributed by atoms with Crippen LogP contribution in [0.4, 0.5) is 0 Å². The molecule has 1 aromatic heterocycles. The number of piperidine rings is 1. The number of pyridine rings is 1. The van der Waals surface area contributed by atoms with Gasteiger partial charge in [0.05, 0.1) is 5.92 Å². The van der Waals surface area contributed by atoms with Crippen LogP contribution >= 0.6 is 0 Å². The summed E-state index contributed by atoms with van der Waals surface area (Å²) in [4.78, 5) is 28.1. The van der Waals surface area contributed by atoms with Crippen LogP contribution in [0.3, 0.4) is 0 Å². The summed E-state index contributed by atoms with van der Waals surface area (Å²) < 4.78 is 1.58. The number of nitrogens with one attached hydrogen (secondary N) is 1. The summed E-state index contributed by atoms with van der Waals surface area (Å²) >= 11 is 0. The van der Waals surface area contributed by atoms with Gasteiger partial charge in [0.25, 0.3) is 5.56 Å². The first-order valence-corrected chi connectivity index (χ1v) is 11.3. The van der Waals surface area contributed by atoms with Gasteiger partial charge in [0.15, 0.2) is 0 Å². The number of nitrogens with zero attached hydrogens (tertiary/aromatic N) is 2. The molecule has 1 saturated heterocycles. The second-order valence-electron chi connectivity index (χ2n) is 8.99. The molecule has 2 heterocycles.